The third kappa shape index (κ3) is 37.6. The molecule has 0 aliphatic rings. The molecule has 142 heavy (non-hydrogen) atoms. The number of nitrogens with two attached hydrogens (primary N) is 5. The number of hydrogen-bond donors (Lipinski definition) is 27. The summed E-state index contributed by atoms with van der Waals surface area (Å²) in [6.07, 6.45) is -3.25. The highest BCUT2D eigenvalue weighted by atomic mass is 32.1. The fourth-order valence-corrected chi connectivity index (χ4v) is 15.6. The predicted octanol–water partition coefficient (Wildman–Crippen LogP) is -3.43. The number of carboxylic acids is 3. The van der Waals surface area contributed by atoms with Crippen LogP contribution in [0.15, 0.2) is 122 Å². The van der Waals surface area contributed by atoms with Crippen molar-refractivity contribution in [2.75, 3.05) is 18.1 Å². The Balaban J connectivity index is 1.24. The van der Waals surface area contributed by atoms with Gasteiger partial charge in [0.2, 0.25) is 106 Å². The lowest BCUT2D eigenvalue weighted by atomic mass is 9.99. The predicted molar refractivity (Wildman–Crippen MR) is 524 cm³/mol. The molecule has 46 nitrogen and oxygen atoms in total. The molecule has 0 radical (unpaired) electrons. The van der Waals surface area contributed by atoms with Crippen LogP contribution < -0.4 is 108 Å². The van der Waals surface area contributed by atoms with Gasteiger partial charge in [0.1, 0.15) is 90.6 Å². The fourth-order valence-electron chi connectivity index (χ4n) is 15.1. The zero-order valence-corrected chi connectivity index (χ0v) is 81.6. The molecule has 4 aromatic carbocycles. The number of nitrogens with one attached hydrogen (secondary N) is 17. The van der Waals surface area contributed by atoms with Crippen molar-refractivity contribution in [2.45, 2.75) is 242 Å². The van der Waals surface area contributed by atoms with Crippen molar-refractivity contribution in [1.82, 2.24) is 89.7 Å². The van der Waals surface area contributed by atoms with Gasteiger partial charge in [-0.3, -0.25) is 95.9 Å². The number of hydrogen-bond acceptors (Lipinski definition) is 25. The van der Waals surface area contributed by atoms with E-state index in [9.17, 15) is 102 Å². The topological polar surface area (TPSA) is 761 Å². The summed E-state index contributed by atoms with van der Waals surface area (Å²) in [6.45, 7) is 12.6. The monoisotopic (exact) mass is 2010 g/mol. The average molecular weight is 2020 g/mol. The van der Waals surface area contributed by atoms with Gasteiger partial charge in [-0.1, -0.05) is 152 Å². The maximum Gasteiger partial charge on any atom is 0.326 e. The molecule has 0 aliphatic carbocycles. The first-order chi connectivity index (χ1) is 67.1. The van der Waals surface area contributed by atoms with E-state index in [4.69, 9.17) is 28.7 Å². The third-order valence-corrected chi connectivity index (χ3v) is 23.4. The summed E-state index contributed by atoms with van der Waals surface area (Å²) in [7, 11) is 0. The lowest BCUT2D eigenvalue weighted by Gasteiger charge is -2.29. The molecule has 772 valence electrons. The Labute approximate surface area is 829 Å². The Morgan fingerprint density at radius 2 is 0.620 bits per heavy atom. The van der Waals surface area contributed by atoms with E-state index < -0.39 is 301 Å². The molecule has 6 rings (SSSR count). The van der Waals surface area contributed by atoms with Crippen LogP contribution in [0.2, 0.25) is 0 Å². The van der Waals surface area contributed by atoms with Gasteiger partial charge < -0.3 is 134 Å². The number of aromatic nitrogens is 2. The van der Waals surface area contributed by atoms with Crippen LogP contribution in [0, 0.1) is 23.7 Å². The number of para-hydroxylation sites is 2. The molecule has 0 spiro atoms. The van der Waals surface area contributed by atoms with Crippen LogP contribution in [-0.4, -0.2) is 264 Å². The zero-order valence-electron chi connectivity index (χ0n) is 79.8. The summed E-state index contributed by atoms with van der Waals surface area (Å²) in [5, 5.41) is 67.6. The number of thiol groups is 2. The van der Waals surface area contributed by atoms with E-state index in [0.717, 1.165) is 0 Å². The van der Waals surface area contributed by atoms with Gasteiger partial charge in [-0.05, 0) is 96.7 Å². The number of carbonyl (C=O) groups is 21. The van der Waals surface area contributed by atoms with Crippen LogP contribution in [0.1, 0.15) is 142 Å². The molecule has 0 bridgehead atoms. The highest BCUT2D eigenvalue weighted by Gasteiger charge is 2.42. The van der Waals surface area contributed by atoms with Gasteiger partial charge in [-0.2, -0.15) is 25.3 Å². The molecule has 16 atom stereocenters. The number of fused-ring (bicyclic) bond motifs is 2. The number of H-pyrrole nitrogens is 2. The molecule has 48 heteroatoms. The summed E-state index contributed by atoms with van der Waals surface area (Å²) in [5.41, 5.74) is 31.8. The maximum absolute atomic E-state index is 15.3. The van der Waals surface area contributed by atoms with Gasteiger partial charge in [-0.15, -0.1) is 0 Å². The number of rotatable bonds is 61. The Morgan fingerprint density at radius 1 is 0.317 bits per heavy atom. The summed E-state index contributed by atoms with van der Waals surface area (Å²) >= 11 is 8.56. The first kappa shape index (κ1) is 116. The van der Waals surface area contributed by atoms with Crippen LogP contribution in [-0.2, 0) is 126 Å². The van der Waals surface area contributed by atoms with Crippen LogP contribution in [0.3, 0.4) is 0 Å². The van der Waals surface area contributed by atoms with Crippen molar-refractivity contribution >= 4 is 171 Å². The normalized spacial score (nSPS) is 14.7. The molecular formula is C94H130N22O24S2. The van der Waals surface area contributed by atoms with Gasteiger partial charge >= 0.3 is 17.9 Å². The Hall–Kier alpha value is -14.6. The van der Waals surface area contributed by atoms with Crippen molar-refractivity contribution in [3.8, 4) is 0 Å². The number of unbranched alkanes of at least 4 members (excludes halogenated alkanes) is 1. The molecule has 0 fully saturated rings. The van der Waals surface area contributed by atoms with Gasteiger partial charge in [0.25, 0.3) is 0 Å². The second-order valence-electron chi connectivity index (χ2n) is 35.7. The number of benzene rings is 4. The average Bonchev–Trinajstić information content (AvgIpc) is 1.57. The Morgan fingerprint density at radius 3 is 1.00 bits per heavy atom. The van der Waals surface area contributed by atoms with Crippen LogP contribution in [0.4, 0.5) is 0 Å². The second-order valence-corrected chi connectivity index (χ2v) is 36.4. The molecule has 30 N–H and O–H groups in total. The molecule has 18 amide bonds. The van der Waals surface area contributed by atoms with Crippen LogP contribution in [0.25, 0.3) is 21.8 Å². The zero-order chi connectivity index (χ0) is 105. The fraction of sp³-hybridized carbons (Fsp3) is 0.479. The minimum Gasteiger partial charge on any atom is -0.481 e. The lowest BCUT2D eigenvalue weighted by Crippen LogP contribution is -2.62. The van der Waals surface area contributed by atoms with E-state index in [1.54, 1.807) is 143 Å². The SMILES string of the molecule is CC(C)C[C@H](NC(=O)[C@H](CC(N)=O)NC(=O)[C@H](CS)NC(=O)[C@@H](NC(=O)[C@H](Cc1c[nH]c2ccccc12)NC(=O)[C@@H](N)CC(=O)O)C(C)C)C(=O)N[C@@H](Cc1ccccc1)C(=O)N[C@@H](CCCCN)C(=O)N[C@@H](CC(N)=O)C(=O)N[C@@H](CCC(N)=O)C(=O)N[C@@H](Cc1c[nH]c2ccccc12)C(=O)N[C@@H](Cc1ccccc1)C(=O)N[C@@H](CS)C(=O)N[C@@H](CC(=O)O)C(=O)N[C@H](C(=O)N[C@H](C(=O)O)C(C)C)C(C)C. The highest BCUT2D eigenvalue weighted by molar-refractivity contribution is 7.80. The van der Waals surface area contributed by atoms with Crippen molar-refractivity contribution < 1.29 is 116 Å². The van der Waals surface area contributed by atoms with Gasteiger partial charge in [0, 0.05) is 77.8 Å². The first-order valence-corrected chi connectivity index (χ1v) is 47.3. The van der Waals surface area contributed by atoms with Crippen LogP contribution >= 0.6 is 25.3 Å². The number of carboxylic acid groups (broad SMARTS) is 3. The quantitative estimate of drug-likeness (QED) is 0.0131. The molecule has 6 aromatic rings. The number of aliphatic carboxylic acids is 3. The minimum atomic E-state index is -2.03. The van der Waals surface area contributed by atoms with E-state index in [0.29, 0.717) is 44.1 Å². The van der Waals surface area contributed by atoms with E-state index in [2.05, 4.69) is 115 Å². The van der Waals surface area contributed by atoms with E-state index in [1.807, 2.05) is 0 Å². The number of aromatic amines is 2. The van der Waals surface area contributed by atoms with E-state index in [1.165, 1.54) is 33.9 Å². The van der Waals surface area contributed by atoms with E-state index >= 15 is 14.4 Å². The highest BCUT2D eigenvalue weighted by Crippen LogP contribution is 2.24. The maximum atomic E-state index is 15.3. The lowest BCUT2D eigenvalue weighted by molar-refractivity contribution is -0.144. The summed E-state index contributed by atoms with van der Waals surface area (Å²) in [4.78, 5) is 298. The Kier molecular flexibility index (Phi) is 46.8. The van der Waals surface area contributed by atoms with Gasteiger partial charge in [0.15, 0.2) is 0 Å². The molecule has 2 aromatic heterocycles. The van der Waals surface area contributed by atoms with Crippen molar-refractivity contribution in [3.63, 3.8) is 0 Å². The summed E-state index contributed by atoms with van der Waals surface area (Å²) < 4.78 is 0. The molecular weight excluding hydrogens is 1890 g/mol. The minimum absolute atomic E-state index is 0.0625. The first-order valence-electron chi connectivity index (χ1n) is 46.0. The largest absolute Gasteiger partial charge is 0.481 e. The van der Waals surface area contributed by atoms with Gasteiger partial charge in [0.05, 0.1) is 31.7 Å². The number of carbonyl (C=O) groups excluding carboxylic acids is 18. The molecule has 0 saturated heterocycles. The number of primary amides is 3. The molecule has 0 aliphatic heterocycles. The standard InChI is InChI=1S/C94H130N22O24S2/c1-46(2)33-61(105-87(132)67(40-73(99)119)110-91(136)70(45-142)113-92(137)76(47(3)4)114-88(133)65(104-79(124)56(96)38-74(120)121)37-53-43-101-58-28-18-16-26-55(53)58)82(127)106-62(34-50-21-11-9-12-22-50)83(128)102-59(29-19-20-32-95)80(125)109-66(39-72(98)118)86(131)103-60(30-31-71(97)117)81(126)108-64(36-52-42-100-57-27-17-15-25-54(52)57)85(130)107-63(35-51-23-13-10-14-24-51)84(129)112-69(44-141)90(135)111-68(41-75(122)123)89(134)115-77(48(5)6)93(138)116-78(49(7)8)94(139)140/h9-18,21-28,42-43,46-49,56,59-70,76-78,100-101,141-142H,19-20,29-41,44-45,95-96H2,1-8H3,(H2,97,117)(H2,98,118)(H2,99,119)(H,102,128)(H,103,131)(H,104,124)(H,105,132)(H,106,127)(H,107,130)(H,108,126)(H,109,125)(H,110,136)(H,111,135)(H,112,129)(H,113,137)(H,114,133)(H,115,134)(H,116,138)(H,120,121)(H,122,123)(H,139,140)/t56-,59-,60-,61-,62-,63-,64-,65-,66-,67-,68-,69-,70-,76-,77-,78-/m0/s1. The second kappa shape index (κ2) is 57.2. The smallest absolute Gasteiger partial charge is 0.326 e. The van der Waals surface area contributed by atoms with E-state index in [-0.39, 0.29) is 51.5 Å². The molecule has 0 saturated carbocycles. The Bertz CT molecular complexity index is 5450. The van der Waals surface area contributed by atoms with Crippen LogP contribution in [0.5, 0.6) is 0 Å². The van der Waals surface area contributed by atoms with Crippen molar-refractivity contribution in [2.24, 2.45) is 52.3 Å². The number of amides is 18. The van der Waals surface area contributed by atoms with Gasteiger partial charge in [-0.25, -0.2) is 4.79 Å². The van der Waals surface area contributed by atoms with Crippen molar-refractivity contribution in [1.29, 1.82) is 0 Å². The molecule has 2 heterocycles. The van der Waals surface area contributed by atoms with Crippen molar-refractivity contribution in [3.05, 3.63) is 144 Å². The summed E-state index contributed by atoms with van der Waals surface area (Å²) in [5.74, 6) is -27.6. The summed E-state index contributed by atoms with van der Waals surface area (Å²) in [6, 6.07) is 3.15. The molecule has 0 unspecified atom stereocenters. The third-order valence-electron chi connectivity index (χ3n) is 22.7.